The zero-order valence-electron chi connectivity index (χ0n) is 6.44. The summed E-state index contributed by atoms with van der Waals surface area (Å²) < 4.78 is 0. The Morgan fingerprint density at radius 2 is 2.50 bits per heavy atom. The molecule has 0 saturated carbocycles. The zero-order chi connectivity index (χ0) is 7.40. The van der Waals surface area contributed by atoms with Crippen molar-refractivity contribution in [1.82, 2.24) is 9.74 Å². The second-order valence-corrected chi connectivity index (χ2v) is 3.22. The minimum Gasteiger partial charge on any atom is -0.303 e. The van der Waals surface area contributed by atoms with Crippen molar-refractivity contribution < 1.29 is 0 Å². The van der Waals surface area contributed by atoms with Gasteiger partial charge >= 0.3 is 0 Å². The van der Waals surface area contributed by atoms with Crippen LogP contribution in [0.2, 0.25) is 0 Å². The summed E-state index contributed by atoms with van der Waals surface area (Å²) in [7, 11) is 2.19. The highest BCUT2D eigenvalue weighted by atomic mass is 35.5. The first-order valence-electron chi connectivity index (χ1n) is 3.88. The van der Waals surface area contributed by atoms with Crippen LogP contribution in [-0.2, 0) is 0 Å². The summed E-state index contributed by atoms with van der Waals surface area (Å²) in [5, 5.41) is 0. The van der Waals surface area contributed by atoms with E-state index in [0.29, 0.717) is 0 Å². The Kier molecular flexibility index (Phi) is 3.46. The lowest BCUT2D eigenvalue weighted by atomic mass is 10.1. The van der Waals surface area contributed by atoms with E-state index in [9.17, 15) is 0 Å². The van der Waals surface area contributed by atoms with Crippen LogP contribution in [0.5, 0.6) is 0 Å². The summed E-state index contributed by atoms with van der Waals surface area (Å²) in [6, 6.07) is 0.770. The maximum Gasteiger partial charge on any atom is 0.0123 e. The fourth-order valence-corrected chi connectivity index (χ4v) is 1.67. The number of halogens is 1. The Hall–Kier alpha value is 0.210. The lowest BCUT2D eigenvalue weighted by molar-refractivity contribution is 0.297. The third kappa shape index (κ3) is 2.11. The first kappa shape index (κ1) is 8.31. The number of rotatable bonds is 3. The number of hydrogen-bond donors (Lipinski definition) is 1. The zero-order valence-corrected chi connectivity index (χ0v) is 7.19. The molecule has 1 saturated heterocycles. The summed E-state index contributed by atoms with van der Waals surface area (Å²) in [6.45, 7) is 2.18. The predicted octanol–water partition coefficient (Wildman–Crippen LogP) is 1.21. The smallest absolute Gasteiger partial charge is 0.0123 e. The standard InChI is InChI=1S/C7H15ClN2/c1-10-6-2-3-7(10)4-5-9-8/h7,9H,2-6H2,1H3. The van der Waals surface area contributed by atoms with Crippen LogP contribution >= 0.6 is 11.8 Å². The Morgan fingerprint density at radius 1 is 1.70 bits per heavy atom. The molecular weight excluding hydrogens is 148 g/mol. The van der Waals surface area contributed by atoms with Crippen LogP contribution in [0.15, 0.2) is 0 Å². The Labute approximate surface area is 67.6 Å². The van der Waals surface area contributed by atoms with Gasteiger partial charge in [0, 0.05) is 12.6 Å². The molecule has 1 unspecified atom stereocenters. The van der Waals surface area contributed by atoms with Crippen LogP contribution in [0.1, 0.15) is 19.3 Å². The molecular formula is C7H15ClN2. The normalized spacial score (nSPS) is 27.6. The van der Waals surface area contributed by atoms with Crippen molar-refractivity contribution in [2.24, 2.45) is 0 Å². The lowest BCUT2D eigenvalue weighted by Crippen LogP contribution is -2.27. The van der Waals surface area contributed by atoms with Crippen molar-refractivity contribution in [2.75, 3.05) is 20.1 Å². The highest BCUT2D eigenvalue weighted by Gasteiger charge is 2.19. The first-order chi connectivity index (χ1) is 4.84. The minimum atomic E-state index is 0.770. The first-order valence-corrected chi connectivity index (χ1v) is 4.26. The van der Waals surface area contributed by atoms with Gasteiger partial charge in [0.05, 0.1) is 0 Å². The molecule has 0 radical (unpaired) electrons. The van der Waals surface area contributed by atoms with Crippen LogP contribution in [0.3, 0.4) is 0 Å². The topological polar surface area (TPSA) is 15.3 Å². The molecule has 1 fully saturated rings. The van der Waals surface area contributed by atoms with Gasteiger partial charge in [0.2, 0.25) is 0 Å². The molecule has 0 aromatic rings. The molecule has 0 spiro atoms. The third-order valence-electron chi connectivity index (χ3n) is 2.24. The highest BCUT2D eigenvalue weighted by Crippen LogP contribution is 2.16. The molecule has 0 bridgehead atoms. The lowest BCUT2D eigenvalue weighted by Gasteiger charge is -2.18. The van der Waals surface area contributed by atoms with E-state index in [-0.39, 0.29) is 0 Å². The fourth-order valence-electron chi connectivity index (χ4n) is 1.57. The molecule has 1 aliphatic rings. The van der Waals surface area contributed by atoms with E-state index in [2.05, 4.69) is 16.8 Å². The van der Waals surface area contributed by atoms with Gasteiger partial charge in [-0.1, -0.05) is 0 Å². The summed E-state index contributed by atoms with van der Waals surface area (Å²) in [4.78, 5) is 5.07. The Morgan fingerprint density at radius 3 is 3.00 bits per heavy atom. The molecule has 0 aliphatic carbocycles. The van der Waals surface area contributed by atoms with E-state index >= 15 is 0 Å². The van der Waals surface area contributed by atoms with E-state index in [1.54, 1.807) is 0 Å². The number of nitrogens with one attached hydrogen (secondary N) is 1. The van der Waals surface area contributed by atoms with Crippen molar-refractivity contribution in [2.45, 2.75) is 25.3 Å². The Balaban J connectivity index is 2.14. The molecule has 3 heteroatoms. The molecule has 0 amide bonds. The maximum absolute atomic E-state index is 5.36. The summed E-state index contributed by atoms with van der Waals surface area (Å²) in [5.41, 5.74) is 0. The molecule has 1 atom stereocenters. The van der Waals surface area contributed by atoms with Gasteiger partial charge in [-0.15, -0.1) is 0 Å². The van der Waals surface area contributed by atoms with Gasteiger partial charge in [-0.05, 0) is 44.6 Å². The van der Waals surface area contributed by atoms with Crippen molar-refractivity contribution in [3.05, 3.63) is 0 Å². The van der Waals surface area contributed by atoms with E-state index in [0.717, 1.165) is 12.6 Å². The predicted molar refractivity (Wildman–Crippen MR) is 44.1 cm³/mol. The summed E-state index contributed by atoms with van der Waals surface area (Å²) in [5.74, 6) is 0. The second-order valence-electron chi connectivity index (χ2n) is 2.95. The number of nitrogens with zero attached hydrogens (tertiary/aromatic N) is 1. The minimum absolute atomic E-state index is 0.770. The van der Waals surface area contributed by atoms with Crippen LogP contribution in [0.25, 0.3) is 0 Å². The number of likely N-dealkylation sites (tertiary alicyclic amines) is 1. The largest absolute Gasteiger partial charge is 0.303 e. The van der Waals surface area contributed by atoms with Gasteiger partial charge < -0.3 is 4.90 Å². The van der Waals surface area contributed by atoms with Gasteiger partial charge in [-0.25, -0.2) is 4.84 Å². The van der Waals surface area contributed by atoms with Gasteiger partial charge in [-0.2, -0.15) is 0 Å². The monoisotopic (exact) mass is 162 g/mol. The van der Waals surface area contributed by atoms with Crippen LogP contribution in [0, 0.1) is 0 Å². The molecule has 1 aliphatic heterocycles. The molecule has 60 valence electrons. The van der Waals surface area contributed by atoms with Gasteiger partial charge in [0.15, 0.2) is 0 Å². The van der Waals surface area contributed by atoms with Gasteiger partial charge in [-0.3, -0.25) is 0 Å². The van der Waals surface area contributed by atoms with Gasteiger partial charge in [0.25, 0.3) is 0 Å². The van der Waals surface area contributed by atoms with Crippen molar-refractivity contribution in [3.63, 3.8) is 0 Å². The molecule has 1 heterocycles. The highest BCUT2D eigenvalue weighted by molar-refractivity contribution is 6.13. The average molecular weight is 163 g/mol. The molecule has 1 rings (SSSR count). The molecule has 0 aromatic heterocycles. The van der Waals surface area contributed by atoms with Crippen LogP contribution < -0.4 is 4.84 Å². The van der Waals surface area contributed by atoms with Crippen LogP contribution in [0.4, 0.5) is 0 Å². The molecule has 0 aromatic carbocycles. The molecule has 1 N–H and O–H groups in total. The SMILES string of the molecule is CN1CCCC1CCNCl. The van der Waals surface area contributed by atoms with Crippen molar-refractivity contribution in [1.29, 1.82) is 0 Å². The second kappa shape index (κ2) is 4.16. The average Bonchev–Trinajstić information content (AvgIpc) is 2.31. The fraction of sp³-hybridized carbons (Fsp3) is 1.00. The number of hydrogen-bond acceptors (Lipinski definition) is 2. The summed E-state index contributed by atoms with van der Waals surface area (Å²) >= 11 is 5.36. The Bertz CT molecular complexity index is 97.6. The van der Waals surface area contributed by atoms with E-state index in [4.69, 9.17) is 11.8 Å². The third-order valence-corrected chi connectivity index (χ3v) is 2.43. The molecule has 10 heavy (non-hydrogen) atoms. The summed E-state index contributed by atoms with van der Waals surface area (Å²) in [6.07, 6.45) is 3.87. The van der Waals surface area contributed by atoms with Crippen molar-refractivity contribution in [3.8, 4) is 0 Å². The van der Waals surface area contributed by atoms with Crippen LogP contribution in [-0.4, -0.2) is 31.1 Å². The van der Waals surface area contributed by atoms with E-state index in [1.165, 1.54) is 25.8 Å². The van der Waals surface area contributed by atoms with Crippen molar-refractivity contribution >= 4 is 11.8 Å². The van der Waals surface area contributed by atoms with Gasteiger partial charge in [0.1, 0.15) is 0 Å². The van der Waals surface area contributed by atoms with E-state index < -0.39 is 0 Å². The maximum atomic E-state index is 5.36. The molecule has 2 nitrogen and oxygen atoms in total. The van der Waals surface area contributed by atoms with E-state index in [1.807, 2.05) is 0 Å². The quantitative estimate of drug-likeness (QED) is 0.628.